The molecule has 2 aromatic rings. The Hall–Kier alpha value is -2.57. The third-order valence-electron chi connectivity index (χ3n) is 3.27. The van der Waals surface area contributed by atoms with E-state index in [9.17, 15) is 22.8 Å². The molecule has 7 heteroatoms. The van der Waals surface area contributed by atoms with Crippen molar-refractivity contribution in [3.05, 3.63) is 52.1 Å². The highest BCUT2D eigenvalue weighted by Crippen LogP contribution is 2.22. The number of Topliss-reactive ketones (excluding diaryl/α,β-unsaturated/α-hetero) is 1. The molecule has 4 nitrogen and oxygen atoms in total. The lowest BCUT2D eigenvalue weighted by atomic mass is 10.1. The number of hydrogen-bond donors (Lipinski definition) is 2. The van der Waals surface area contributed by atoms with Gasteiger partial charge in [0.1, 0.15) is 11.5 Å². The molecule has 0 unspecified atom stereocenters. The van der Waals surface area contributed by atoms with Crippen molar-refractivity contribution in [2.45, 2.75) is 20.8 Å². The number of amides is 1. The minimum atomic E-state index is -1.35. The van der Waals surface area contributed by atoms with E-state index in [2.05, 4.69) is 10.3 Å². The van der Waals surface area contributed by atoms with Gasteiger partial charge < -0.3 is 10.3 Å². The van der Waals surface area contributed by atoms with E-state index < -0.39 is 29.0 Å². The smallest absolute Gasteiger partial charge is 0.272 e. The number of aryl methyl sites for hydroxylation is 1. The SMILES string of the molecule is CC(=O)c1c(C)[nH]c(C(=O)Nc2cc(F)c(F)cc2F)c1C. The molecule has 22 heavy (non-hydrogen) atoms. The van der Waals surface area contributed by atoms with Crippen molar-refractivity contribution in [1.82, 2.24) is 4.98 Å². The normalized spacial score (nSPS) is 10.6. The molecule has 1 aromatic carbocycles. The average Bonchev–Trinajstić information content (AvgIpc) is 2.71. The zero-order valence-electron chi connectivity index (χ0n) is 12.1. The number of carbonyl (C=O) groups excluding carboxylic acids is 2. The maximum absolute atomic E-state index is 13.5. The highest BCUT2D eigenvalue weighted by molar-refractivity contribution is 6.07. The fraction of sp³-hybridized carbons (Fsp3) is 0.200. The van der Waals surface area contributed by atoms with E-state index in [1.54, 1.807) is 13.8 Å². The van der Waals surface area contributed by atoms with Crippen LogP contribution >= 0.6 is 0 Å². The number of nitrogens with one attached hydrogen (secondary N) is 2. The molecule has 1 amide bonds. The summed E-state index contributed by atoms with van der Waals surface area (Å²) in [5.74, 6) is -4.69. The van der Waals surface area contributed by atoms with Crippen molar-refractivity contribution in [2.75, 3.05) is 5.32 Å². The first-order valence-corrected chi connectivity index (χ1v) is 6.38. The van der Waals surface area contributed by atoms with Crippen molar-refractivity contribution < 1.29 is 22.8 Å². The second kappa shape index (κ2) is 5.67. The van der Waals surface area contributed by atoms with Crippen LogP contribution in [-0.2, 0) is 0 Å². The lowest BCUT2D eigenvalue weighted by Crippen LogP contribution is -2.15. The number of ketones is 1. The molecule has 2 rings (SSSR count). The predicted molar refractivity (Wildman–Crippen MR) is 74.5 cm³/mol. The van der Waals surface area contributed by atoms with Crippen LogP contribution in [0, 0.1) is 31.3 Å². The quantitative estimate of drug-likeness (QED) is 0.673. The zero-order valence-corrected chi connectivity index (χ0v) is 12.1. The van der Waals surface area contributed by atoms with E-state index >= 15 is 0 Å². The summed E-state index contributed by atoms with van der Waals surface area (Å²) in [5.41, 5.74) is 0.856. The number of halogens is 3. The van der Waals surface area contributed by atoms with Gasteiger partial charge in [0.15, 0.2) is 17.4 Å². The van der Waals surface area contributed by atoms with Crippen molar-refractivity contribution in [2.24, 2.45) is 0 Å². The molecule has 0 atom stereocenters. The number of H-pyrrole nitrogens is 1. The molecule has 1 aromatic heterocycles. The van der Waals surface area contributed by atoms with Gasteiger partial charge in [0.05, 0.1) is 5.69 Å². The topological polar surface area (TPSA) is 62.0 Å². The second-order valence-electron chi connectivity index (χ2n) is 4.88. The van der Waals surface area contributed by atoms with Crippen LogP contribution in [0.5, 0.6) is 0 Å². The second-order valence-corrected chi connectivity index (χ2v) is 4.88. The zero-order chi connectivity index (χ0) is 16.6. The molecule has 0 spiro atoms. The Morgan fingerprint density at radius 2 is 1.64 bits per heavy atom. The van der Waals surface area contributed by atoms with E-state index in [4.69, 9.17) is 0 Å². The monoisotopic (exact) mass is 310 g/mol. The molecule has 0 aliphatic heterocycles. The van der Waals surface area contributed by atoms with Gasteiger partial charge >= 0.3 is 0 Å². The van der Waals surface area contributed by atoms with Crippen molar-refractivity contribution in [3.63, 3.8) is 0 Å². The number of hydrogen-bond acceptors (Lipinski definition) is 2. The van der Waals surface area contributed by atoms with Gasteiger partial charge in [-0.1, -0.05) is 0 Å². The summed E-state index contributed by atoms with van der Waals surface area (Å²) in [7, 11) is 0. The van der Waals surface area contributed by atoms with Gasteiger partial charge in [-0.2, -0.15) is 0 Å². The number of benzene rings is 1. The largest absolute Gasteiger partial charge is 0.354 e. The summed E-state index contributed by atoms with van der Waals surface area (Å²) in [6.07, 6.45) is 0. The maximum atomic E-state index is 13.5. The summed E-state index contributed by atoms with van der Waals surface area (Å²) in [6.45, 7) is 4.55. The molecule has 0 saturated carbocycles. The summed E-state index contributed by atoms with van der Waals surface area (Å²) in [4.78, 5) is 26.4. The first kappa shape index (κ1) is 15.8. The highest BCUT2D eigenvalue weighted by Gasteiger charge is 2.21. The molecule has 0 aliphatic carbocycles. The van der Waals surface area contributed by atoms with Gasteiger partial charge in [0.25, 0.3) is 5.91 Å². The van der Waals surface area contributed by atoms with E-state index in [1.807, 2.05) is 0 Å². The standard InChI is InChI=1S/C15H13F3N2O2/c1-6-13(8(3)21)7(2)19-14(6)15(22)20-12-5-10(17)9(16)4-11(12)18/h4-5,19H,1-3H3,(H,20,22). The third kappa shape index (κ3) is 2.74. The molecule has 116 valence electrons. The number of carbonyl (C=O) groups is 2. The van der Waals surface area contributed by atoms with Gasteiger partial charge in [0, 0.05) is 23.4 Å². The third-order valence-corrected chi connectivity index (χ3v) is 3.27. The minimum absolute atomic E-state index is 0.0619. The van der Waals surface area contributed by atoms with Crippen LogP contribution in [0.4, 0.5) is 18.9 Å². The van der Waals surface area contributed by atoms with Crippen LogP contribution in [0.25, 0.3) is 0 Å². The van der Waals surface area contributed by atoms with Gasteiger partial charge in [-0.05, 0) is 26.3 Å². The molecule has 0 saturated heterocycles. The Bertz CT molecular complexity index is 782. The van der Waals surface area contributed by atoms with Crippen LogP contribution in [0.3, 0.4) is 0 Å². The van der Waals surface area contributed by atoms with Crippen LogP contribution in [-0.4, -0.2) is 16.7 Å². The summed E-state index contributed by atoms with van der Waals surface area (Å²) >= 11 is 0. The van der Waals surface area contributed by atoms with E-state index in [0.29, 0.717) is 29.0 Å². The summed E-state index contributed by atoms with van der Waals surface area (Å²) < 4.78 is 39.5. The first-order chi connectivity index (χ1) is 10.2. The summed E-state index contributed by atoms with van der Waals surface area (Å²) in [5, 5.41) is 2.15. The number of aromatic nitrogens is 1. The van der Waals surface area contributed by atoms with E-state index in [0.717, 1.165) is 0 Å². The number of rotatable bonds is 3. The van der Waals surface area contributed by atoms with Gasteiger partial charge in [0.2, 0.25) is 0 Å². The van der Waals surface area contributed by atoms with Crippen LogP contribution in [0.15, 0.2) is 12.1 Å². The predicted octanol–water partition coefficient (Wildman–Crippen LogP) is 3.50. The fourth-order valence-corrected chi connectivity index (χ4v) is 2.31. The molecule has 0 fully saturated rings. The Kier molecular flexibility index (Phi) is 4.07. The average molecular weight is 310 g/mol. The lowest BCUT2D eigenvalue weighted by molar-refractivity contribution is 0.101. The molecule has 1 heterocycles. The Morgan fingerprint density at radius 3 is 2.18 bits per heavy atom. The number of anilines is 1. The lowest BCUT2D eigenvalue weighted by Gasteiger charge is -2.07. The number of aromatic amines is 1. The van der Waals surface area contributed by atoms with Crippen molar-refractivity contribution in [1.29, 1.82) is 0 Å². The Morgan fingerprint density at radius 1 is 1.05 bits per heavy atom. The molecule has 0 radical (unpaired) electrons. The maximum Gasteiger partial charge on any atom is 0.272 e. The van der Waals surface area contributed by atoms with Crippen LogP contribution in [0.1, 0.15) is 39.0 Å². The molecule has 2 N–H and O–H groups in total. The first-order valence-electron chi connectivity index (χ1n) is 6.38. The molecular formula is C15H13F3N2O2. The van der Waals surface area contributed by atoms with Crippen molar-refractivity contribution in [3.8, 4) is 0 Å². The van der Waals surface area contributed by atoms with E-state index in [-0.39, 0.29) is 11.5 Å². The molecule has 0 bridgehead atoms. The van der Waals surface area contributed by atoms with Gasteiger partial charge in [-0.15, -0.1) is 0 Å². The van der Waals surface area contributed by atoms with Crippen molar-refractivity contribution >= 4 is 17.4 Å². The summed E-state index contributed by atoms with van der Waals surface area (Å²) in [6, 6.07) is 0.901. The molecule has 0 aliphatic rings. The van der Waals surface area contributed by atoms with Crippen LogP contribution < -0.4 is 5.32 Å². The van der Waals surface area contributed by atoms with E-state index in [1.165, 1.54) is 6.92 Å². The van der Waals surface area contributed by atoms with Gasteiger partial charge in [-0.3, -0.25) is 9.59 Å². The highest BCUT2D eigenvalue weighted by atomic mass is 19.2. The fourth-order valence-electron chi connectivity index (χ4n) is 2.31. The Labute approximate surface area is 124 Å². The van der Waals surface area contributed by atoms with Crippen LogP contribution in [0.2, 0.25) is 0 Å². The van der Waals surface area contributed by atoms with Gasteiger partial charge in [-0.25, -0.2) is 13.2 Å². The Balaban J connectivity index is 2.37. The molecular weight excluding hydrogens is 297 g/mol. The minimum Gasteiger partial charge on any atom is -0.354 e.